The molecule has 24 heavy (non-hydrogen) atoms. The zero-order valence-corrected chi connectivity index (χ0v) is 13.2. The average Bonchev–Trinajstić information content (AvgIpc) is 3.28. The van der Waals surface area contributed by atoms with E-state index in [1.807, 2.05) is 12.1 Å². The molecule has 0 saturated carbocycles. The summed E-state index contributed by atoms with van der Waals surface area (Å²) in [6.07, 6.45) is 1.59. The number of hydrogen-bond acceptors (Lipinski definition) is 6. The highest BCUT2D eigenvalue weighted by Gasteiger charge is 2.23. The number of phenolic OH excluding ortho intramolecular Hbond substituents is 1. The van der Waals surface area contributed by atoms with Gasteiger partial charge in [0.2, 0.25) is 0 Å². The Bertz CT molecular complexity index is 775. The predicted molar refractivity (Wildman–Crippen MR) is 86.7 cm³/mol. The number of aromatic hydroxyl groups is 1. The van der Waals surface area contributed by atoms with E-state index in [-0.39, 0.29) is 0 Å². The maximum Gasteiger partial charge on any atom is 0.283 e. The highest BCUT2D eigenvalue weighted by atomic mass is 16.4. The molecule has 1 fully saturated rings. The van der Waals surface area contributed by atoms with E-state index >= 15 is 0 Å². The van der Waals surface area contributed by atoms with Crippen molar-refractivity contribution in [2.24, 2.45) is 0 Å². The minimum atomic E-state index is 0.298. The van der Waals surface area contributed by atoms with Crippen molar-refractivity contribution in [3.8, 4) is 17.4 Å². The van der Waals surface area contributed by atoms with Gasteiger partial charge in [-0.1, -0.05) is 0 Å². The number of piperazine rings is 1. The monoisotopic (exact) mass is 327 g/mol. The second-order valence-corrected chi connectivity index (χ2v) is 5.91. The van der Waals surface area contributed by atoms with Crippen LogP contribution in [0.15, 0.2) is 51.5 Å². The van der Waals surface area contributed by atoms with Crippen LogP contribution in [-0.2, 0) is 6.54 Å². The first-order valence-electron chi connectivity index (χ1n) is 8.02. The molecule has 0 bridgehead atoms. The zero-order valence-electron chi connectivity index (χ0n) is 13.2. The van der Waals surface area contributed by atoms with Crippen molar-refractivity contribution in [3.63, 3.8) is 0 Å². The van der Waals surface area contributed by atoms with Crippen LogP contribution in [0.3, 0.4) is 0 Å². The van der Waals surface area contributed by atoms with Gasteiger partial charge < -0.3 is 23.7 Å². The van der Waals surface area contributed by atoms with Crippen molar-refractivity contribution in [3.05, 3.63) is 48.6 Å². The number of aromatic nitrogens is 2. The number of phenols is 1. The van der Waals surface area contributed by atoms with E-state index in [0.717, 1.165) is 38.4 Å². The molecule has 1 saturated heterocycles. The van der Waals surface area contributed by atoms with Gasteiger partial charge in [0.05, 0.1) is 32.4 Å². The lowest BCUT2D eigenvalue weighted by atomic mass is 10.2. The third-order valence-electron chi connectivity index (χ3n) is 4.29. The molecule has 4 rings (SSSR count). The van der Waals surface area contributed by atoms with Crippen LogP contribution in [0.4, 0.5) is 5.69 Å². The molecule has 1 aliphatic heterocycles. The number of nitrogens with one attached hydrogen (secondary N) is 1. The average molecular weight is 327 g/mol. The molecule has 3 aromatic rings. The minimum absolute atomic E-state index is 0.298. The van der Waals surface area contributed by atoms with Crippen LogP contribution in [0.25, 0.3) is 11.7 Å². The summed E-state index contributed by atoms with van der Waals surface area (Å²) >= 11 is 0. The Morgan fingerprint density at radius 2 is 1.88 bits per heavy atom. The second kappa shape index (κ2) is 6.37. The van der Waals surface area contributed by atoms with Crippen LogP contribution in [0.2, 0.25) is 0 Å². The summed E-state index contributed by atoms with van der Waals surface area (Å²) < 4.78 is 10.9. The number of benzene rings is 1. The molecule has 3 heterocycles. The van der Waals surface area contributed by atoms with Crippen molar-refractivity contribution in [1.29, 1.82) is 0 Å². The minimum Gasteiger partial charge on any atom is -0.508 e. The lowest BCUT2D eigenvalue weighted by Gasteiger charge is -2.33. The van der Waals surface area contributed by atoms with Crippen LogP contribution in [0.5, 0.6) is 5.75 Å². The highest BCUT2D eigenvalue weighted by molar-refractivity contribution is 5.48. The van der Waals surface area contributed by atoms with E-state index in [0.29, 0.717) is 23.3 Å². The van der Waals surface area contributed by atoms with Gasteiger partial charge in [0.15, 0.2) is 12.3 Å². The van der Waals surface area contributed by atoms with Gasteiger partial charge in [-0.05, 0) is 36.4 Å². The molecule has 1 aliphatic rings. The number of nitrogens with zero attached hydrogens (tertiary/aromatic N) is 3. The van der Waals surface area contributed by atoms with Crippen LogP contribution in [0.1, 0.15) is 5.89 Å². The molecular formula is C17H19N4O3+. The van der Waals surface area contributed by atoms with E-state index < -0.39 is 0 Å². The van der Waals surface area contributed by atoms with E-state index in [9.17, 15) is 5.11 Å². The van der Waals surface area contributed by atoms with Gasteiger partial charge in [-0.2, -0.15) is 0 Å². The second-order valence-electron chi connectivity index (χ2n) is 5.91. The summed E-state index contributed by atoms with van der Waals surface area (Å²) in [5.41, 5.74) is 1.14. The topological polar surface area (TPSA) is 80.0 Å². The third kappa shape index (κ3) is 3.11. The van der Waals surface area contributed by atoms with Crippen LogP contribution in [-0.4, -0.2) is 41.5 Å². The van der Waals surface area contributed by atoms with Crippen molar-refractivity contribution in [1.82, 2.24) is 10.2 Å². The summed E-state index contributed by atoms with van der Waals surface area (Å²) in [7, 11) is 0. The molecule has 0 spiro atoms. The molecule has 1 aromatic carbocycles. The van der Waals surface area contributed by atoms with Crippen molar-refractivity contribution in [2.75, 3.05) is 31.1 Å². The molecule has 0 unspecified atom stereocenters. The van der Waals surface area contributed by atoms with Gasteiger partial charge in [-0.15, -0.1) is 10.2 Å². The Labute approximate surface area is 139 Å². The van der Waals surface area contributed by atoms with Crippen molar-refractivity contribution >= 4 is 5.69 Å². The third-order valence-corrected chi connectivity index (χ3v) is 4.29. The van der Waals surface area contributed by atoms with Gasteiger partial charge in [-0.25, -0.2) is 0 Å². The first-order valence-corrected chi connectivity index (χ1v) is 8.02. The number of quaternary nitrogens is 1. The molecule has 124 valence electrons. The van der Waals surface area contributed by atoms with Gasteiger partial charge in [0.25, 0.3) is 11.8 Å². The Hall–Kier alpha value is -2.80. The van der Waals surface area contributed by atoms with Crippen molar-refractivity contribution < 1.29 is 18.8 Å². The lowest BCUT2D eigenvalue weighted by molar-refractivity contribution is -0.915. The van der Waals surface area contributed by atoms with Crippen LogP contribution in [0, 0.1) is 0 Å². The predicted octanol–water partition coefficient (Wildman–Crippen LogP) is 0.940. The number of hydrogen-bond donors (Lipinski definition) is 2. The summed E-state index contributed by atoms with van der Waals surface area (Å²) in [6.45, 7) is 4.63. The first-order chi connectivity index (χ1) is 11.8. The maximum absolute atomic E-state index is 9.38. The maximum atomic E-state index is 9.38. The number of rotatable bonds is 4. The standard InChI is InChI=1S/C17H18N4O3/c22-14-5-3-13(4-6-14)21-9-7-20(8-10-21)12-16-18-19-17(24-16)15-2-1-11-23-15/h1-6,11,22H,7-10,12H2/p+1. The van der Waals surface area contributed by atoms with Gasteiger partial charge in [0.1, 0.15) is 5.75 Å². The lowest BCUT2D eigenvalue weighted by Crippen LogP contribution is -3.13. The molecule has 0 radical (unpaired) electrons. The van der Waals surface area contributed by atoms with Gasteiger partial charge in [-0.3, -0.25) is 0 Å². The normalized spacial score (nSPS) is 15.8. The molecule has 7 nitrogen and oxygen atoms in total. The molecule has 2 aromatic heterocycles. The Morgan fingerprint density at radius 3 is 2.58 bits per heavy atom. The fourth-order valence-corrected chi connectivity index (χ4v) is 2.96. The quantitative estimate of drug-likeness (QED) is 0.742. The van der Waals surface area contributed by atoms with Crippen molar-refractivity contribution in [2.45, 2.75) is 6.54 Å². The summed E-state index contributed by atoms with van der Waals surface area (Å²) in [5.74, 6) is 1.96. The summed E-state index contributed by atoms with van der Waals surface area (Å²) in [5, 5.41) is 17.5. The fraction of sp³-hybridized carbons (Fsp3) is 0.294. The molecule has 2 N–H and O–H groups in total. The fourth-order valence-electron chi connectivity index (χ4n) is 2.96. The Balaban J connectivity index is 1.34. The van der Waals surface area contributed by atoms with E-state index in [1.54, 1.807) is 30.5 Å². The van der Waals surface area contributed by atoms with Crippen LogP contribution >= 0.6 is 0 Å². The first kappa shape index (κ1) is 14.8. The van der Waals surface area contributed by atoms with Gasteiger partial charge in [0, 0.05) is 5.69 Å². The highest BCUT2D eigenvalue weighted by Crippen LogP contribution is 2.19. The Morgan fingerprint density at radius 1 is 1.08 bits per heavy atom. The zero-order chi connectivity index (χ0) is 16.4. The molecule has 0 aliphatic carbocycles. The largest absolute Gasteiger partial charge is 0.508 e. The van der Waals surface area contributed by atoms with E-state index in [2.05, 4.69) is 15.1 Å². The Kier molecular flexibility index (Phi) is 3.92. The van der Waals surface area contributed by atoms with Gasteiger partial charge >= 0.3 is 0 Å². The molecule has 0 amide bonds. The summed E-state index contributed by atoms with van der Waals surface area (Å²) in [6, 6.07) is 11.0. The number of furan rings is 1. The molecule has 7 heteroatoms. The van der Waals surface area contributed by atoms with Crippen LogP contribution < -0.4 is 9.80 Å². The SMILES string of the molecule is Oc1ccc(N2CC[NH+](Cc3nnc(-c4ccco4)o3)CC2)cc1. The summed E-state index contributed by atoms with van der Waals surface area (Å²) in [4.78, 5) is 3.74. The number of anilines is 1. The smallest absolute Gasteiger partial charge is 0.283 e. The molecular weight excluding hydrogens is 308 g/mol. The van der Waals surface area contributed by atoms with E-state index in [1.165, 1.54) is 4.90 Å². The van der Waals surface area contributed by atoms with E-state index in [4.69, 9.17) is 8.83 Å². The molecule has 0 atom stereocenters.